The van der Waals surface area contributed by atoms with E-state index in [9.17, 15) is 0 Å². The highest BCUT2D eigenvalue weighted by molar-refractivity contribution is 6.99. The van der Waals surface area contributed by atoms with Gasteiger partial charge in [0.05, 0.1) is 32.1 Å². The Bertz CT molecular complexity index is 1550. The largest absolute Gasteiger partial charge is 0.400 e. The van der Waals surface area contributed by atoms with Gasteiger partial charge in [0.1, 0.15) is 5.82 Å². The molecule has 0 atom stereocenters. The van der Waals surface area contributed by atoms with Crippen LogP contribution in [-0.4, -0.2) is 70.1 Å². The molecule has 0 radical (unpaired) electrons. The first-order valence-corrected chi connectivity index (χ1v) is 20.2. The van der Waals surface area contributed by atoms with Crippen molar-refractivity contribution in [3.05, 3.63) is 90.3 Å². The molecule has 9 heteroatoms. The van der Waals surface area contributed by atoms with Crippen LogP contribution in [0.4, 0.5) is 0 Å². The Morgan fingerprint density at radius 2 is 1.35 bits per heavy atom. The number of ether oxygens (including phenoxy) is 1. The number of hydrogen-bond acceptors (Lipinski definition) is 6. The van der Waals surface area contributed by atoms with E-state index >= 15 is 0 Å². The number of morpholine rings is 1. The Morgan fingerprint density at radius 1 is 0.771 bits per heavy atom. The van der Waals surface area contributed by atoms with Crippen molar-refractivity contribution in [2.24, 2.45) is 7.05 Å². The van der Waals surface area contributed by atoms with Gasteiger partial charge in [0, 0.05) is 38.3 Å². The number of aromatic nitrogens is 5. The van der Waals surface area contributed by atoms with Crippen molar-refractivity contribution in [1.82, 2.24) is 29.4 Å². The maximum atomic E-state index is 7.20. The van der Waals surface area contributed by atoms with Crippen LogP contribution in [0.15, 0.2) is 73.1 Å². The van der Waals surface area contributed by atoms with Gasteiger partial charge in [0.15, 0.2) is 5.82 Å². The molecule has 2 saturated carbocycles. The van der Waals surface area contributed by atoms with Gasteiger partial charge in [-0.1, -0.05) is 81.4 Å². The molecule has 0 N–H and O–H groups in total. The van der Waals surface area contributed by atoms with E-state index in [0.29, 0.717) is 24.5 Å². The van der Waals surface area contributed by atoms with Gasteiger partial charge in [-0.05, 0) is 78.3 Å². The minimum Gasteiger partial charge on any atom is -0.400 e. The van der Waals surface area contributed by atoms with E-state index in [1.165, 1.54) is 54.5 Å². The third-order valence-electron chi connectivity index (χ3n) is 11.6. The van der Waals surface area contributed by atoms with Gasteiger partial charge >= 0.3 is 0 Å². The normalized spacial score (nSPS) is 24.5. The summed E-state index contributed by atoms with van der Waals surface area (Å²) in [5.41, 5.74) is 1.42. The monoisotopic (exact) mass is 666 g/mol. The topological polar surface area (TPSA) is 70.2 Å². The van der Waals surface area contributed by atoms with Gasteiger partial charge < -0.3 is 13.7 Å². The van der Waals surface area contributed by atoms with Crippen molar-refractivity contribution in [3.8, 4) is 0 Å². The Balaban J connectivity index is 0.982. The van der Waals surface area contributed by atoms with Crippen LogP contribution >= 0.6 is 0 Å². The van der Waals surface area contributed by atoms with Crippen molar-refractivity contribution < 1.29 is 9.16 Å². The predicted octanol–water partition coefficient (Wildman–Crippen LogP) is 6.35. The molecule has 2 aromatic heterocycles. The summed E-state index contributed by atoms with van der Waals surface area (Å²) in [6.45, 7) is 11.4. The van der Waals surface area contributed by atoms with Crippen LogP contribution < -0.4 is 10.4 Å². The zero-order valence-corrected chi connectivity index (χ0v) is 30.4. The lowest BCUT2D eigenvalue weighted by Crippen LogP contribution is -2.66. The van der Waals surface area contributed by atoms with Gasteiger partial charge in [-0.15, -0.1) is 10.2 Å². The van der Waals surface area contributed by atoms with E-state index in [4.69, 9.17) is 24.5 Å². The molecule has 2 aromatic carbocycles. The van der Waals surface area contributed by atoms with Gasteiger partial charge in [-0.3, -0.25) is 9.58 Å². The fraction of sp³-hybridized carbons (Fsp3) is 0.564. The van der Waals surface area contributed by atoms with E-state index in [1.54, 1.807) is 0 Å². The van der Waals surface area contributed by atoms with Crippen LogP contribution in [0.5, 0.6) is 0 Å². The highest BCUT2D eigenvalue weighted by atomic mass is 28.4. The maximum absolute atomic E-state index is 7.20. The zero-order chi connectivity index (χ0) is 33.1. The second-order valence-electron chi connectivity index (χ2n) is 15.4. The third kappa shape index (κ3) is 6.71. The summed E-state index contributed by atoms with van der Waals surface area (Å²) in [6, 6.07) is 22.9. The number of hydrogen-bond donors (Lipinski definition) is 0. The highest BCUT2D eigenvalue weighted by Crippen LogP contribution is 2.41. The first kappa shape index (κ1) is 33.4. The predicted molar refractivity (Wildman–Crippen MR) is 193 cm³/mol. The van der Waals surface area contributed by atoms with E-state index in [-0.39, 0.29) is 5.04 Å². The molecule has 0 unspecified atom stereocenters. The molecule has 3 aliphatic rings. The van der Waals surface area contributed by atoms with E-state index in [1.807, 2.05) is 0 Å². The summed E-state index contributed by atoms with van der Waals surface area (Å²) in [7, 11) is -0.522. The van der Waals surface area contributed by atoms with Crippen molar-refractivity contribution in [1.29, 1.82) is 0 Å². The minimum absolute atomic E-state index is 0.0777. The van der Waals surface area contributed by atoms with Crippen molar-refractivity contribution in [2.75, 3.05) is 26.3 Å². The van der Waals surface area contributed by atoms with Crippen LogP contribution in [-0.2, 0) is 22.8 Å². The Hall–Kier alpha value is -3.11. The van der Waals surface area contributed by atoms with Gasteiger partial charge in [0.2, 0.25) is 0 Å². The van der Waals surface area contributed by atoms with E-state index < -0.39 is 8.32 Å². The standard InChI is InChI=1S/C39H54N6O2Si/c1-39(2,3)48(35-11-7-5-8-12-35,36-13-9-6-10-14-36)47-29-37-41-42-38(43(37)4)31-17-15-30(16-18-31)32-27-40-45(28-32)34-21-19-33(20-22-34)44-23-25-46-26-24-44/h5-14,27-28,30-31,33-34H,15-26,29H2,1-4H3/t30-,31-,33-,34-. The molecule has 48 heavy (non-hydrogen) atoms. The number of rotatable bonds is 9. The van der Waals surface area contributed by atoms with Gasteiger partial charge in [-0.25, -0.2) is 0 Å². The minimum atomic E-state index is -2.65. The molecule has 256 valence electrons. The molecule has 0 bridgehead atoms. The summed E-state index contributed by atoms with van der Waals surface area (Å²) in [5, 5.41) is 16.9. The van der Waals surface area contributed by atoms with Crippen molar-refractivity contribution >= 4 is 18.7 Å². The van der Waals surface area contributed by atoms with Gasteiger partial charge in [0.25, 0.3) is 8.32 Å². The molecular weight excluding hydrogens is 613 g/mol. The molecule has 2 aliphatic carbocycles. The summed E-state index contributed by atoms with van der Waals surface area (Å²) >= 11 is 0. The molecule has 7 rings (SSSR count). The third-order valence-corrected chi connectivity index (χ3v) is 16.6. The van der Waals surface area contributed by atoms with Gasteiger partial charge in [-0.2, -0.15) is 5.10 Å². The summed E-state index contributed by atoms with van der Waals surface area (Å²) in [6.07, 6.45) is 14.1. The summed E-state index contributed by atoms with van der Waals surface area (Å²) in [4.78, 5) is 2.65. The highest BCUT2D eigenvalue weighted by Gasteiger charge is 2.50. The first-order valence-electron chi connectivity index (χ1n) is 18.3. The van der Waals surface area contributed by atoms with Crippen LogP contribution in [0, 0.1) is 0 Å². The first-order chi connectivity index (χ1) is 23.3. The fourth-order valence-electron chi connectivity index (χ4n) is 8.87. The molecule has 0 spiro atoms. The Labute approximate surface area is 288 Å². The average Bonchev–Trinajstić information content (AvgIpc) is 3.77. The number of benzene rings is 2. The van der Waals surface area contributed by atoms with E-state index in [0.717, 1.165) is 56.8 Å². The number of nitrogens with zero attached hydrogens (tertiary/aromatic N) is 6. The second-order valence-corrected chi connectivity index (χ2v) is 19.7. The molecule has 1 aliphatic heterocycles. The van der Waals surface area contributed by atoms with Crippen LogP contribution in [0.1, 0.15) is 107 Å². The Morgan fingerprint density at radius 3 is 1.96 bits per heavy atom. The van der Waals surface area contributed by atoms with E-state index in [2.05, 4.69) is 115 Å². The lowest BCUT2D eigenvalue weighted by molar-refractivity contribution is 0.00506. The molecule has 4 aromatic rings. The molecule has 3 heterocycles. The van der Waals surface area contributed by atoms with Crippen LogP contribution in [0.25, 0.3) is 0 Å². The lowest BCUT2D eigenvalue weighted by atomic mass is 9.79. The van der Waals surface area contributed by atoms with Crippen LogP contribution in [0.3, 0.4) is 0 Å². The Kier molecular flexibility index (Phi) is 10.0. The molecule has 8 nitrogen and oxygen atoms in total. The maximum Gasteiger partial charge on any atom is 0.261 e. The average molecular weight is 667 g/mol. The quantitative estimate of drug-likeness (QED) is 0.194. The lowest BCUT2D eigenvalue weighted by Gasteiger charge is -2.42. The summed E-state index contributed by atoms with van der Waals surface area (Å²) < 4.78 is 17.3. The smallest absolute Gasteiger partial charge is 0.261 e. The van der Waals surface area contributed by atoms with Crippen LogP contribution in [0.2, 0.25) is 5.04 Å². The zero-order valence-electron chi connectivity index (χ0n) is 29.4. The van der Waals surface area contributed by atoms with Crippen molar-refractivity contribution in [3.63, 3.8) is 0 Å². The molecule has 0 amide bonds. The molecule has 3 fully saturated rings. The molecule has 1 saturated heterocycles. The molecular formula is C39H54N6O2Si. The summed E-state index contributed by atoms with van der Waals surface area (Å²) in [5.74, 6) is 3.00. The second kappa shape index (κ2) is 14.4. The van der Waals surface area contributed by atoms with Crippen molar-refractivity contribution in [2.45, 2.75) is 108 Å². The fourth-order valence-corrected chi connectivity index (χ4v) is 13.4. The SMILES string of the molecule is Cn1c(CO[Si](c2ccccc2)(c2ccccc2)C(C)(C)C)nnc1[C@H]1CC[C@H](c2cnn([C@H]3CC[C@H](N4CCOCC4)CC3)c2)CC1.